The van der Waals surface area contributed by atoms with Crippen LogP contribution < -0.4 is 10.5 Å². The van der Waals surface area contributed by atoms with Gasteiger partial charge >= 0.3 is 0 Å². The SMILES string of the molecule is CC[C@H](c1nnnn1C(C)(C)CC)[NH+](CCCO)Cc1cc2cc(C)ccc2[nH]c1=O. The van der Waals surface area contributed by atoms with E-state index in [2.05, 4.69) is 54.3 Å². The molecule has 0 fully saturated rings. The van der Waals surface area contributed by atoms with Gasteiger partial charge in [0.2, 0.25) is 5.82 Å². The number of aliphatic hydroxyl groups is 1. The number of aromatic amines is 1. The summed E-state index contributed by atoms with van der Waals surface area (Å²) in [4.78, 5) is 17.0. The number of benzene rings is 1. The summed E-state index contributed by atoms with van der Waals surface area (Å²) in [7, 11) is 0. The van der Waals surface area contributed by atoms with E-state index < -0.39 is 0 Å². The molecule has 0 aliphatic rings. The Kier molecular flexibility index (Phi) is 7.23. The van der Waals surface area contributed by atoms with Crippen LogP contribution >= 0.6 is 0 Å². The first-order valence-electron chi connectivity index (χ1n) is 11.2. The summed E-state index contributed by atoms with van der Waals surface area (Å²) in [6.45, 7) is 11.9. The number of aromatic nitrogens is 5. The standard InChI is InChI=1S/C23H34N6O2/c1-6-20(21-25-26-27-29(21)23(4,5)7-2)28(11-8-12-30)15-18-14-17-13-16(3)9-10-19(17)24-22(18)31/h9-10,13-14,20,30H,6-8,11-12,15H2,1-5H3,(H,24,31)/p+1/t20-/m1/s1. The average Bonchev–Trinajstić information content (AvgIpc) is 3.23. The van der Waals surface area contributed by atoms with Crippen LogP contribution in [0.25, 0.3) is 10.9 Å². The Morgan fingerprint density at radius 3 is 2.71 bits per heavy atom. The predicted molar refractivity (Wildman–Crippen MR) is 121 cm³/mol. The van der Waals surface area contributed by atoms with Crippen molar-refractivity contribution in [3.63, 3.8) is 0 Å². The van der Waals surface area contributed by atoms with E-state index in [0.29, 0.717) is 13.0 Å². The molecule has 1 unspecified atom stereocenters. The Morgan fingerprint density at radius 2 is 2.03 bits per heavy atom. The van der Waals surface area contributed by atoms with Crippen molar-refractivity contribution in [2.45, 2.75) is 72.0 Å². The third-order valence-corrected chi connectivity index (χ3v) is 6.30. The van der Waals surface area contributed by atoms with E-state index in [1.807, 2.05) is 29.8 Å². The van der Waals surface area contributed by atoms with Gasteiger partial charge in [-0.3, -0.25) is 4.79 Å². The van der Waals surface area contributed by atoms with Gasteiger partial charge in [-0.1, -0.05) is 25.5 Å². The maximum atomic E-state index is 12.8. The second-order valence-electron chi connectivity index (χ2n) is 8.95. The summed E-state index contributed by atoms with van der Waals surface area (Å²) in [5, 5.41) is 23.2. The first-order chi connectivity index (χ1) is 14.8. The van der Waals surface area contributed by atoms with Crippen LogP contribution in [0, 0.1) is 6.92 Å². The second-order valence-corrected chi connectivity index (χ2v) is 8.95. The molecule has 2 aromatic heterocycles. The molecule has 8 heteroatoms. The molecule has 2 atom stereocenters. The minimum Gasteiger partial charge on any atom is -0.396 e. The maximum absolute atomic E-state index is 12.8. The highest BCUT2D eigenvalue weighted by Crippen LogP contribution is 2.22. The molecule has 0 saturated carbocycles. The van der Waals surface area contributed by atoms with Crippen molar-refractivity contribution in [3.8, 4) is 0 Å². The van der Waals surface area contributed by atoms with E-state index in [1.54, 1.807) is 0 Å². The summed E-state index contributed by atoms with van der Waals surface area (Å²) < 4.78 is 1.92. The third-order valence-electron chi connectivity index (χ3n) is 6.30. The zero-order valence-electron chi connectivity index (χ0n) is 19.3. The Hall–Kier alpha value is -2.58. The molecule has 1 aromatic carbocycles. The molecule has 0 saturated heterocycles. The maximum Gasteiger partial charge on any atom is 0.257 e. The number of aliphatic hydroxyl groups excluding tert-OH is 1. The highest BCUT2D eigenvalue weighted by atomic mass is 16.3. The number of aryl methyl sites for hydroxylation is 1. The molecule has 3 rings (SSSR count). The topological polar surface area (TPSA) is 101 Å². The van der Waals surface area contributed by atoms with Gasteiger partial charge in [0, 0.05) is 25.0 Å². The normalized spacial score (nSPS) is 14.1. The molecular formula is C23H35N6O2+. The van der Waals surface area contributed by atoms with Crippen LogP contribution in [0.2, 0.25) is 0 Å². The first kappa shape index (κ1) is 23.1. The summed E-state index contributed by atoms with van der Waals surface area (Å²) >= 11 is 0. The lowest BCUT2D eigenvalue weighted by Gasteiger charge is -2.30. The van der Waals surface area contributed by atoms with Gasteiger partial charge in [-0.15, -0.1) is 5.10 Å². The number of nitrogens with zero attached hydrogens (tertiary/aromatic N) is 4. The quantitative estimate of drug-likeness (QED) is 0.459. The molecule has 2 heterocycles. The first-order valence-corrected chi connectivity index (χ1v) is 11.2. The van der Waals surface area contributed by atoms with Crippen LogP contribution in [0.5, 0.6) is 0 Å². The number of fused-ring (bicyclic) bond motifs is 1. The number of H-pyrrole nitrogens is 1. The molecule has 0 aliphatic heterocycles. The molecule has 0 radical (unpaired) electrons. The number of pyridine rings is 1. The van der Waals surface area contributed by atoms with E-state index in [-0.39, 0.29) is 23.7 Å². The van der Waals surface area contributed by atoms with Gasteiger partial charge in [0.25, 0.3) is 5.56 Å². The minimum absolute atomic E-state index is 0.0139. The van der Waals surface area contributed by atoms with Crippen LogP contribution in [0.1, 0.15) is 70.0 Å². The lowest BCUT2D eigenvalue weighted by Crippen LogP contribution is -3.11. The highest BCUT2D eigenvalue weighted by molar-refractivity contribution is 5.79. The van der Waals surface area contributed by atoms with Crippen molar-refractivity contribution in [1.82, 2.24) is 25.2 Å². The highest BCUT2D eigenvalue weighted by Gasteiger charge is 2.33. The van der Waals surface area contributed by atoms with E-state index in [4.69, 9.17) is 0 Å². The summed E-state index contributed by atoms with van der Waals surface area (Å²) in [6.07, 6.45) is 2.37. The number of hydrogen-bond acceptors (Lipinski definition) is 5. The van der Waals surface area contributed by atoms with Crippen LogP contribution in [-0.4, -0.2) is 43.4 Å². The Bertz CT molecular complexity index is 1070. The number of tetrazole rings is 1. The van der Waals surface area contributed by atoms with Crippen LogP contribution in [0.15, 0.2) is 29.1 Å². The average molecular weight is 428 g/mol. The Labute approximate surface area is 183 Å². The number of rotatable bonds is 10. The number of quaternary nitrogens is 1. The van der Waals surface area contributed by atoms with E-state index >= 15 is 0 Å². The molecular weight excluding hydrogens is 392 g/mol. The Morgan fingerprint density at radius 1 is 1.26 bits per heavy atom. The van der Waals surface area contributed by atoms with Crippen molar-refractivity contribution in [1.29, 1.82) is 0 Å². The van der Waals surface area contributed by atoms with Crippen molar-refractivity contribution in [2.24, 2.45) is 0 Å². The van der Waals surface area contributed by atoms with Crippen molar-refractivity contribution in [3.05, 3.63) is 51.6 Å². The lowest BCUT2D eigenvalue weighted by molar-refractivity contribution is -0.946. The van der Waals surface area contributed by atoms with Gasteiger partial charge in [-0.25, -0.2) is 4.68 Å². The van der Waals surface area contributed by atoms with Crippen molar-refractivity contribution >= 4 is 10.9 Å². The predicted octanol–water partition coefficient (Wildman–Crippen LogP) is 1.89. The summed E-state index contributed by atoms with van der Waals surface area (Å²) in [5.41, 5.74) is 2.46. The number of nitrogens with one attached hydrogen (secondary N) is 2. The van der Waals surface area contributed by atoms with Gasteiger partial charge in [-0.2, -0.15) is 0 Å². The van der Waals surface area contributed by atoms with Gasteiger partial charge in [0.05, 0.1) is 17.6 Å². The molecule has 0 bridgehead atoms. The molecule has 8 nitrogen and oxygen atoms in total. The molecule has 3 N–H and O–H groups in total. The van der Waals surface area contributed by atoms with E-state index in [1.165, 1.54) is 4.90 Å². The zero-order chi connectivity index (χ0) is 22.6. The minimum atomic E-state index is -0.202. The largest absolute Gasteiger partial charge is 0.396 e. The molecule has 0 spiro atoms. The fraction of sp³-hybridized carbons (Fsp3) is 0.565. The Balaban J connectivity index is 2.00. The molecule has 0 aliphatic carbocycles. The molecule has 3 aromatic rings. The van der Waals surface area contributed by atoms with Crippen molar-refractivity contribution < 1.29 is 10.0 Å². The molecule has 168 valence electrons. The smallest absolute Gasteiger partial charge is 0.257 e. The zero-order valence-corrected chi connectivity index (χ0v) is 19.3. The van der Waals surface area contributed by atoms with Gasteiger partial charge < -0.3 is 15.0 Å². The third kappa shape index (κ3) is 5.02. The molecule has 0 amide bonds. The fourth-order valence-electron chi connectivity index (χ4n) is 4.09. The van der Waals surface area contributed by atoms with E-state index in [9.17, 15) is 9.90 Å². The summed E-state index contributed by atoms with van der Waals surface area (Å²) in [6, 6.07) is 8.04. The monoisotopic (exact) mass is 427 g/mol. The molecule has 31 heavy (non-hydrogen) atoms. The second kappa shape index (κ2) is 9.70. The van der Waals surface area contributed by atoms with Crippen LogP contribution in [-0.2, 0) is 12.1 Å². The fourth-order valence-corrected chi connectivity index (χ4v) is 4.09. The number of hydrogen-bond donors (Lipinski definition) is 3. The van der Waals surface area contributed by atoms with Crippen molar-refractivity contribution in [2.75, 3.05) is 13.2 Å². The summed E-state index contributed by atoms with van der Waals surface area (Å²) in [5.74, 6) is 0.829. The van der Waals surface area contributed by atoms with Crippen LogP contribution in [0.3, 0.4) is 0 Å². The van der Waals surface area contributed by atoms with E-state index in [0.717, 1.165) is 47.2 Å². The van der Waals surface area contributed by atoms with Gasteiger partial charge in [0.1, 0.15) is 12.6 Å². The van der Waals surface area contributed by atoms with Gasteiger partial charge in [-0.05, 0) is 61.2 Å². The van der Waals surface area contributed by atoms with Gasteiger partial charge in [0.15, 0.2) is 0 Å². The van der Waals surface area contributed by atoms with Crippen LogP contribution in [0.4, 0.5) is 0 Å². The lowest BCUT2D eigenvalue weighted by atomic mass is 10.0.